The molecule has 1 unspecified atom stereocenters. The van der Waals surface area contributed by atoms with Gasteiger partial charge in [-0.05, 0) is 18.8 Å². The molecule has 0 saturated heterocycles. The maximum Gasteiger partial charge on any atom is 0.321 e. The average molecular weight is 154 g/mol. The molecule has 1 saturated carbocycles. The smallest absolute Gasteiger partial charge is 0.321 e. The first-order chi connectivity index (χ1) is 5.25. The van der Waals surface area contributed by atoms with E-state index >= 15 is 0 Å². The highest BCUT2D eigenvalue weighted by Crippen LogP contribution is 2.32. The molecule has 1 fully saturated rings. The van der Waals surface area contributed by atoms with E-state index in [1.165, 1.54) is 0 Å². The van der Waals surface area contributed by atoms with Gasteiger partial charge in [-0.1, -0.05) is 0 Å². The zero-order valence-corrected chi connectivity index (χ0v) is 6.08. The van der Waals surface area contributed by atoms with Crippen molar-refractivity contribution >= 4 is 5.97 Å². The molecule has 4 heteroatoms. The van der Waals surface area contributed by atoms with Crippen LogP contribution in [0.4, 0.5) is 0 Å². The molecule has 1 rings (SSSR count). The Morgan fingerprint density at radius 2 is 2.45 bits per heavy atom. The predicted molar refractivity (Wildman–Crippen MR) is 37.8 cm³/mol. The molecular formula is C7H10N2O2. The van der Waals surface area contributed by atoms with Gasteiger partial charge in [-0.25, -0.2) is 0 Å². The molecule has 4 nitrogen and oxygen atoms in total. The molecular weight excluding hydrogens is 144 g/mol. The number of nitrogens with zero attached hydrogens (tertiary/aromatic N) is 1. The third-order valence-corrected chi connectivity index (χ3v) is 1.76. The fraction of sp³-hybridized carbons (Fsp3) is 0.714. The monoisotopic (exact) mass is 154 g/mol. The number of nitriles is 1. The first kappa shape index (κ1) is 8.02. The van der Waals surface area contributed by atoms with Crippen LogP contribution in [0.3, 0.4) is 0 Å². The van der Waals surface area contributed by atoms with Gasteiger partial charge < -0.3 is 5.11 Å². The van der Waals surface area contributed by atoms with Crippen LogP contribution in [0.2, 0.25) is 0 Å². The van der Waals surface area contributed by atoms with Gasteiger partial charge in [0, 0.05) is 0 Å². The summed E-state index contributed by atoms with van der Waals surface area (Å²) >= 11 is 0. The second kappa shape index (κ2) is 3.35. The predicted octanol–water partition coefficient (Wildman–Crippen LogP) is -0.0372. The molecule has 0 spiro atoms. The van der Waals surface area contributed by atoms with Crippen molar-refractivity contribution in [3.05, 3.63) is 0 Å². The maximum absolute atomic E-state index is 10.5. The van der Waals surface area contributed by atoms with Gasteiger partial charge in [0.05, 0.1) is 12.6 Å². The average Bonchev–Trinajstić information content (AvgIpc) is 2.71. The molecule has 0 aliphatic heterocycles. The van der Waals surface area contributed by atoms with Crippen LogP contribution >= 0.6 is 0 Å². The number of hydrogen-bond acceptors (Lipinski definition) is 3. The van der Waals surface area contributed by atoms with Gasteiger partial charge in [0.15, 0.2) is 0 Å². The second-order valence-corrected chi connectivity index (χ2v) is 2.69. The van der Waals surface area contributed by atoms with E-state index in [-0.39, 0.29) is 12.5 Å². The summed E-state index contributed by atoms with van der Waals surface area (Å²) in [5.74, 6) is -0.594. The van der Waals surface area contributed by atoms with Crippen LogP contribution in [0, 0.1) is 17.2 Å². The molecule has 60 valence electrons. The number of rotatable bonds is 4. The minimum Gasteiger partial charge on any atom is -0.480 e. The lowest BCUT2D eigenvalue weighted by Gasteiger charge is -2.09. The number of aliphatic carboxylic acids is 1. The van der Waals surface area contributed by atoms with Crippen LogP contribution in [0.15, 0.2) is 0 Å². The minimum atomic E-state index is -0.845. The van der Waals surface area contributed by atoms with Crippen molar-refractivity contribution in [3.8, 4) is 6.07 Å². The molecule has 11 heavy (non-hydrogen) atoms. The summed E-state index contributed by atoms with van der Waals surface area (Å²) in [5, 5.41) is 19.5. The number of carbonyl (C=O) groups is 1. The highest BCUT2D eigenvalue weighted by molar-refractivity contribution is 5.74. The third-order valence-electron chi connectivity index (χ3n) is 1.76. The van der Waals surface area contributed by atoms with Gasteiger partial charge in [-0.15, -0.1) is 0 Å². The molecule has 2 N–H and O–H groups in total. The number of carboxylic acid groups (broad SMARTS) is 1. The van der Waals surface area contributed by atoms with Crippen molar-refractivity contribution in [1.82, 2.24) is 5.32 Å². The SMILES string of the molecule is N#CCNC(C(=O)O)C1CC1. The summed E-state index contributed by atoms with van der Waals surface area (Å²) in [6.45, 7) is 0.119. The van der Waals surface area contributed by atoms with Crippen LogP contribution in [-0.2, 0) is 4.79 Å². The van der Waals surface area contributed by atoms with E-state index in [9.17, 15) is 4.79 Å². The fourth-order valence-electron chi connectivity index (χ4n) is 1.04. The van der Waals surface area contributed by atoms with E-state index in [0.29, 0.717) is 0 Å². The summed E-state index contributed by atoms with van der Waals surface area (Å²) in [7, 11) is 0. The van der Waals surface area contributed by atoms with Crippen molar-refractivity contribution in [2.24, 2.45) is 5.92 Å². The molecule has 1 aliphatic rings. The van der Waals surface area contributed by atoms with Gasteiger partial charge in [0.1, 0.15) is 6.04 Å². The largest absolute Gasteiger partial charge is 0.480 e. The molecule has 0 radical (unpaired) electrons. The normalized spacial score (nSPS) is 18.8. The van der Waals surface area contributed by atoms with Gasteiger partial charge >= 0.3 is 5.97 Å². The topological polar surface area (TPSA) is 73.1 Å². The van der Waals surface area contributed by atoms with Crippen molar-refractivity contribution < 1.29 is 9.90 Å². The van der Waals surface area contributed by atoms with E-state index in [0.717, 1.165) is 12.8 Å². The fourth-order valence-corrected chi connectivity index (χ4v) is 1.04. The van der Waals surface area contributed by atoms with Gasteiger partial charge in [-0.2, -0.15) is 5.26 Å². The standard InChI is InChI=1S/C7H10N2O2/c8-3-4-9-6(7(10)11)5-1-2-5/h5-6,9H,1-2,4H2,(H,10,11). The van der Waals surface area contributed by atoms with Gasteiger partial charge in [0.2, 0.25) is 0 Å². The van der Waals surface area contributed by atoms with Crippen LogP contribution in [0.1, 0.15) is 12.8 Å². The Balaban J connectivity index is 2.34. The number of nitrogens with one attached hydrogen (secondary N) is 1. The van der Waals surface area contributed by atoms with Crippen LogP contribution in [0.5, 0.6) is 0 Å². The van der Waals surface area contributed by atoms with Crippen LogP contribution < -0.4 is 5.32 Å². The Morgan fingerprint density at radius 1 is 1.82 bits per heavy atom. The first-order valence-electron chi connectivity index (χ1n) is 3.59. The molecule has 1 aliphatic carbocycles. The summed E-state index contributed by atoms with van der Waals surface area (Å²) in [5.41, 5.74) is 0. The zero-order chi connectivity index (χ0) is 8.27. The molecule has 0 aromatic rings. The van der Waals surface area contributed by atoms with Crippen LogP contribution in [0.25, 0.3) is 0 Å². The van der Waals surface area contributed by atoms with Crippen molar-refractivity contribution in [2.45, 2.75) is 18.9 Å². The van der Waals surface area contributed by atoms with Crippen molar-refractivity contribution in [2.75, 3.05) is 6.54 Å². The lowest BCUT2D eigenvalue weighted by atomic mass is 10.2. The Labute approximate surface area is 64.8 Å². The lowest BCUT2D eigenvalue weighted by Crippen LogP contribution is -2.38. The molecule has 0 heterocycles. The summed E-state index contributed by atoms with van der Waals surface area (Å²) in [4.78, 5) is 10.5. The highest BCUT2D eigenvalue weighted by Gasteiger charge is 2.35. The number of carboxylic acids is 1. The summed E-state index contributed by atoms with van der Waals surface area (Å²) < 4.78 is 0. The molecule has 0 aromatic heterocycles. The Kier molecular flexibility index (Phi) is 2.44. The first-order valence-corrected chi connectivity index (χ1v) is 3.59. The quantitative estimate of drug-likeness (QED) is 0.557. The molecule has 1 atom stereocenters. The lowest BCUT2D eigenvalue weighted by molar-refractivity contribution is -0.139. The van der Waals surface area contributed by atoms with E-state index in [2.05, 4.69) is 5.32 Å². The zero-order valence-electron chi connectivity index (χ0n) is 6.08. The Bertz CT molecular complexity index is 193. The van der Waals surface area contributed by atoms with E-state index in [1.807, 2.05) is 6.07 Å². The highest BCUT2D eigenvalue weighted by atomic mass is 16.4. The molecule has 0 amide bonds. The second-order valence-electron chi connectivity index (χ2n) is 2.69. The van der Waals surface area contributed by atoms with Gasteiger partial charge in [0.25, 0.3) is 0 Å². The van der Waals surface area contributed by atoms with E-state index in [4.69, 9.17) is 10.4 Å². The molecule has 0 aromatic carbocycles. The van der Waals surface area contributed by atoms with Gasteiger partial charge in [-0.3, -0.25) is 10.1 Å². The number of hydrogen-bond donors (Lipinski definition) is 2. The van der Waals surface area contributed by atoms with Crippen LogP contribution in [-0.4, -0.2) is 23.7 Å². The van der Waals surface area contributed by atoms with E-state index in [1.54, 1.807) is 0 Å². The minimum absolute atomic E-state index is 0.119. The third kappa shape index (κ3) is 2.20. The van der Waals surface area contributed by atoms with Crippen molar-refractivity contribution in [1.29, 1.82) is 5.26 Å². The summed E-state index contributed by atoms with van der Waals surface area (Å²) in [6, 6.07) is 1.36. The molecule has 0 bridgehead atoms. The van der Waals surface area contributed by atoms with E-state index < -0.39 is 12.0 Å². The Hall–Kier alpha value is -1.08. The summed E-state index contributed by atoms with van der Waals surface area (Å²) in [6.07, 6.45) is 1.94. The maximum atomic E-state index is 10.5. The van der Waals surface area contributed by atoms with Crippen molar-refractivity contribution in [3.63, 3.8) is 0 Å². The Morgan fingerprint density at radius 3 is 2.82 bits per heavy atom.